The molecule has 2 aromatic rings. The van der Waals surface area contributed by atoms with E-state index in [1.807, 2.05) is 5.32 Å². The number of fused-ring (bicyclic) bond motifs is 1. The van der Waals surface area contributed by atoms with E-state index in [1.165, 1.54) is 16.3 Å². The largest absolute Gasteiger partial charge is 0.479 e. The molecule has 0 saturated heterocycles. The van der Waals surface area contributed by atoms with E-state index in [2.05, 4.69) is 49.5 Å². The fourth-order valence-corrected chi connectivity index (χ4v) is 1.77. The lowest BCUT2D eigenvalue weighted by Crippen LogP contribution is -2.77. The highest BCUT2D eigenvalue weighted by Crippen LogP contribution is 2.18. The summed E-state index contributed by atoms with van der Waals surface area (Å²) in [5.74, 6) is 0. The minimum absolute atomic E-state index is 1.05. The van der Waals surface area contributed by atoms with Crippen LogP contribution in [0.2, 0.25) is 0 Å². The third kappa shape index (κ3) is 1.78. The number of hydrogen-bond donors (Lipinski definition) is 1. The average molecular weight is 185 g/mol. The van der Waals surface area contributed by atoms with Gasteiger partial charge >= 0.3 is 0 Å². The standard InChI is InChI=1S/C13H15N/c1-14-10-9-12-7-4-6-11-5-2-3-8-13(11)12/h2-8H,1,9-10,14H2. The second kappa shape index (κ2) is 4.25. The quantitative estimate of drug-likeness (QED) is 0.701. The first-order valence-electron chi connectivity index (χ1n) is 4.99. The van der Waals surface area contributed by atoms with Crippen LogP contribution in [0.25, 0.3) is 10.8 Å². The van der Waals surface area contributed by atoms with Gasteiger partial charge < -0.3 is 5.32 Å². The Morgan fingerprint density at radius 2 is 1.79 bits per heavy atom. The third-order valence-corrected chi connectivity index (χ3v) is 2.50. The van der Waals surface area contributed by atoms with Crippen molar-refractivity contribution >= 4 is 10.8 Å². The monoisotopic (exact) mass is 185 g/mol. The topological polar surface area (TPSA) is 16.6 Å². The SMILES string of the molecule is [CH2-][NH2+]CCc1cccc2ccccc12. The molecule has 2 aromatic carbocycles. The van der Waals surface area contributed by atoms with E-state index in [0.717, 1.165) is 13.0 Å². The molecule has 0 unspecified atom stereocenters. The fraction of sp³-hybridized carbons (Fsp3) is 0.154. The van der Waals surface area contributed by atoms with Gasteiger partial charge in [-0.05, 0) is 16.3 Å². The van der Waals surface area contributed by atoms with Crippen LogP contribution in [0.5, 0.6) is 0 Å². The van der Waals surface area contributed by atoms with Crippen LogP contribution in [0.1, 0.15) is 5.56 Å². The second-order valence-corrected chi connectivity index (χ2v) is 3.47. The first-order chi connectivity index (χ1) is 6.92. The van der Waals surface area contributed by atoms with Gasteiger partial charge in [0.2, 0.25) is 0 Å². The highest BCUT2D eigenvalue weighted by Gasteiger charge is 1.98. The van der Waals surface area contributed by atoms with Gasteiger partial charge in [-0.3, -0.25) is 0 Å². The first-order valence-corrected chi connectivity index (χ1v) is 4.99. The molecule has 1 heteroatoms. The van der Waals surface area contributed by atoms with Crippen molar-refractivity contribution in [1.29, 1.82) is 0 Å². The molecule has 0 spiro atoms. The summed E-state index contributed by atoms with van der Waals surface area (Å²) in [5.41, 5.74) is 1.42. The van der Waals surface area contributed by atoms with E-state index >= 15 is 0 Å². The van der Waals surface area contributed by atoms with Crippen LogP contribution in [0.4, 0.5) is 0 Å². The summed E-state index contributed by atoms with van der Waals surface area (Å²) in [5, 5.41) is 4.67. The summed E-state index contributed by atoms with van der Waals surface area (Å²) in [6.07, 6.45) is 1.09. The molecule has 14 heavy (non-hydrogen) atoms. The van der Waals surface area contributed by atoms with Crippen molar-refractivity contribution in [1.82, 2.24) is 0 Å². The smallest absolute Gasteiger partial charge is 0.0556 e. The zero-order valence-electron chi connectivity index (χ0n) is 8.24. The maximum Gasteiger partial charge on any atom is 0.0556 e. The minimum Gasteiger partial charge on any atom is -0.479 e. The van der Waals surface area contributed by atoms with Gasteiger partial charge in [0, 0.05) is 6.42 Å². The molecule has 0 fully saturated rings. The molecule has 0 aliphatic heterocycles. The summed E-state index contributed by atoms with van der Waals surface area (Å²) in [7, 11) is 3.76. The van der Waals surface area contributed by atoms with Gasteiger partial charge in [-0.1, -0.05) is 42.5 Å². The van der Waals surface area contributed by atoms with Crippen LogP contribution in [-0.2, 0) is 6.42 Å². The van der Waals surface area contributed by atoms with Gasteiger partial charge in [0.15, 0.2) is 0 Å². The summed E-state index contributed by atoms with van der Waals surface area (Å²) in [6, 6.07) is 15.0. The van der Waals surface area contributed by atoms with E-state index in [9.17, 15) is 0 Å². The molecular weight excluding hydrogens is 170 g/mol. The first kappa shape index (κ1) is 9.22. The van der Waals surface area contributed by atoms with Crippen molar-refractivity contribution in [2.75, 3.05) is 6.54 Å². The molecule has 0 aliphatic rings. The maximum absolute atomic E-state index is 3.76. The van der Waals surface area contributed by atoms with Crippen LogP contribution < -0.4 is 5.32 Å². The summed E-state index contributed by atoms with van der Waals surface area (Å²) in [4.78, 5) is 0. The third-order valence-electron chi connectivity index (χ3n) is 2.50. The lowest BCUT2D eigenvalue weighted by Gasteiger charge is -2.05. The Kier molecular flexibility index (Phi) is 2.80. The maximum atomic E-state index is 3.76. The van der Waals surface area contributed by atoms with Crippen LogP contribution in [0.3, 0.4) is 0 Å². The summed E-state index contributed by atoms with van der Waals surface area (Å²) < 4.78 is 0. The second-order valence-electron chi connectivity index (χ2n) is 3.47. The Bertz CT molecular complexity index is 415. The van der Waals surface area contributed by atoms with Crippen LogP contribution in [-0.4, -0.2) is 6.54 Å². The Balaban J connectivity index is 2.43. The Morgan fingerprint density at radius 3 is 2.64 bits per heavy atom. The molecule has 72 valence electrons. The Hall–Kier alpha value is -1.34. The number of quaternary nitrogens is 1. The predicted molar refractivity (Wildman–Crippen MR) is 59.8 cm³/mol. The zero-order valence-corrected chi connectivity index (χ0v) is 8.24. The number of benzene rings is 2. The van der Waals surface area contributed by atoms with E-state index in [4.69, 9.17) is 0 Å². The van der Waals surface area contributed by atoms with Crippen molar-refractivity contribution in [3.63, 3.8) is 0 Å². The predicted octanol–water partition coefficient (Wildman–Crippen LogP) is 1.74. The fourth-order valence-electron chi connectivity index (χ4n) is 1.77. The van der Waals surface area contributed by atoms with Crippen LogP contribution in [0.15, 0.2) is 42.5 Å². The van der Waals surface area contributed by atoms with E-state index < -0.39 is 0 Å². The van der Waals surface area contributed by atoms with Crippen LogP contribution in [0, 0.1) is 7.05 Å². The normalized spacial score (nSPS) is 10.6. The van der Waals surface area contributed by atoms with E-state index in [-0.39, 0.29) is 0 Å². The summed E-state index contributed by atoms with van der Waals surface area (Å²) in [6.45, 7) is 1.05. The minimum atomic E-state index is 1.05. The van der Waals surface area contributed by atoms with Gasteiger partial charge in [0.05, 0.1) is 6.54 Å². The van der Waals surface area contributed by atoms with Crippen molar-refractivity contribution in [3.05, 3.63) is 55.1 Å². The van der Waals surface area contributed by atoms with Crippen molar-refractivity contribution in [2.45, 2.75) is 6.42 Å². The Labute approximate surface area is 84.8 Å². The van der Waals surface area contributed by atoms with Gasteiger partial charge in [0.1, 0.15) is 0 Å². The molecule has 0 amide bonds. The molecule has 0 bridgehead atoms. The van der Waals surface area contributed by atoms with Crippen molar-refractivity contribution in [2.24, 2.45) is 0 Å². The molecule has 0 saturated carbocycles. The molecule has 2 rings (SSSR count). The number of rotatable bonds is 3. The van der Waals surface area contributed by atoms with Crippen molar-refractivity contribution in [3.8, 4) is 0 Å². The molecule has 0 aliphatic carbocycles. The van der Waals surface area contributed by atoms with Crippen molar-refractivity contribution < 1.29 is 5.32 Å². The molecule has 0 heterocycles. The molecule has 0 aromatic heterocycles. The average Bonchev–Trinajstić information content (AvgIpc) is 2.26. The lowest BCUT2D eigenvalue weighted by atomic mass is 10.0. The summed E-state index contributed by atoms with van der Waals surface area (Å²) >= 11 is 0. The number of nitrogens with two attached hydrogens (primary N) is 1. The molecular formula is C13H15N. The lowest BCUT2D eigenvalue weighted by molar-refractivity contribution is -0.594. The van der Waals surface area contributed by atoms with E-state index in [1.54, 1.807) is 0 Å². The number of hydrogen-bond acceptors (Lipinski definition) is 0. The zero-order chi connectivity index (χ0) is 9.80. The molecule has 0 atom stereocenters. The van der Waals surface area contributed by atoms with Gasteiger partial charge in [-0.2, -0.15) is 7.05 Å². The molecule has 2 N–H and O–H groups in total. The molecule has 1 nitrogen and oxygen atoms in total. The van der Waals surface area contributed by atoms with Crippen LogP contribution >= 0.6 is 0 Å². The molecule has 0 radical (unpaired) electrons. The van der Waals surface area contributed by atoms with E-state index in [0.29, 0.717) is 0 Å². The van der Waals surface area contributed by atoms with Gasteiger partial charge in [-0.25, -0.2) is 0 Å². The highest BCUT2D eigenvalue weighted by molar-refractivity contribution is 5.85. The van der Waals surface area contributed by atoms with Gasteiger partial charge in [0.25, 0.3) is 0 Å². The van der Waals surface area contributed by atoms with Gasteiger partial charge in [-0.15, -0.1) is 0 Å². The Morgan fingerprint density at radius 1 is 1.00 bits per heavy atom. The highest BCUT2D eigenvalue weighted by atomic mass is 14.8.